The molecule has 3 rings (SSSR count). The van der Waals surface area contributed by atoms with Crippen LogP contribution in [0.5, 0.6) is 5.75 Å². The molecule has 150 valence electrons. The fourth-order valence-electron chi connectivity index (χ4n) is 4.46. The van der Waals surface area contributed by atoms with Crippen LogP contribution in [0.2, 0.25) is 0 Å². The number of aliphatic hydroxyl groups is 1. The first kappa shape index (κ1) is 20.1. The molecule has 2 heterocycles. The van der Waals surface area contributed by atoms with E-state index in [1.165, 1.54) is 0 Å². The lowest BCUT2D eigenvalue weighted by atomic mass is 9.96. The number of amides is 1. The topological polar surface area (TPSA) is 62.2 Å². The summed E-state index contributed by atoms with van der Waals surface area (Å²) in [5.74, 6) is 1.21. The number of carbonyl (C=O) groups is 1. The molecule has 1 aromatic rings. The number of methoxy groups -OCH3 is 1. The molecule has 2 saturated heterocycles. The Morgan fingerprint density at radius 2 is 1.85 bits per heavy atom. The summed E-state index contributed by atoms with van der Waals surface area (Å²) in [6.45, 7) is 10.3. The quantitative estimate of drug-likeness (QED) is 0.849. The van der Waals surface area contributed by atoms with Crippen LogP contribution in [0.15, 0.2) is 18.2 Å². The van der Waals surface area contributed by atoms with E-state index in [4.69, 9.17) is 9.47 Å². The van der Waals surface area contributed by atoms with Gasteiger partial charge in [-0.25, -0.2) is 0 Å². The summed E-state index contributed by atoms with van der Waals surface area (Å²) in [5.41, 5.74) is 1.63. The maximum atomic E-state index is 13.0. The van der Waals surface area contributed by atoms with Gasteiger partial charge in [0.25, 0.3) is 5.91 Å². The molecule has 1 amide bonds. The Kier molecular flexibility index (Phi) is 6.40. The molecule has 0 aromatic heterocycles. The zero-order chi connectivity index (χ0) is 19.6. The van der Waals surface area contributed by atoms with E-state index in [-0.39, 0.29) is 36.6 Å². The molecule has 2 fully saturated rings. The Labute approximate surface area is 162 Å². The SMILES string of the molecule is COc1ccc(C(=O)N2C[C@@H](CN3C[C@@H](C)O[C@@H](C)C3)[C@@H](CO)C2)c(C)c1. The Morgan fingerprint density at radius 3 is 2.44 bits per heavy atom. The van der Waals surface area contributed by atoms with E-state index in [9.17, 15) is 9.90 Å². The van der Waals surface area contributed by atoms with E-state index < -0.39 is 0 Å². The van der Waals surface area contributed by atoms with Crippen molar-refractivity contribution in [3.8, 4) is 5.75 Å². The third kappa shape index (κ3) is 4.62. The number of aryl methyl sites for hydroxylation is 1. The minimum absolute atomic E-state index is 0.0415. The lowest BCUT2D eigenvalue weighted by Gasteiger charge is -2.37. The zero-order valence-corrected chi connectivity index (χ0v) is 16.9. The number of rotatable bonds is 5. The Balaban J connectivity index is 1.67. The summed E-state index contributed by atoms with van der Waals surface area (Å²) < 4.78 is 11.1. The molecule has 27 heavy (non-hydrogen) atoms. The highest BCUT2D eigenvalue weighted by molar-refractivity contribution is 5.96. The molecule has 0 aliphatic carbocycles. The molecule has 1 N–H and O–H groups in total. The average Bonchev–Trinajstić information content (AvgIpc) is 3.03. The summed E-state index contributed by atoms with van der Waals surface area (Å²) in [7, 11) is 1.63. The molecular formula is C21H32N2O4. The molecule has 0 saturated carbocycles. The first-order valence-electron chi connectivity index (χ1n) is 9.83. The van der Waals surface area contributed by atoms with E-state index in [0.717, 1.165) is 30.9 Å². The predicted molar refractivity (Wildman–Crippen MR) is 104 cm³/mol. The summed E-state index contributed by atoms with van der Waals surface area (Å²) >= 11 is 0. The van der Waals surface area contributed by atoms with Crippen molar-refractivity contribution in [1.29, 1.82) is 0 Å². The second kappa shape index (κ2) is 8.59. The highest BCUT2D eigenvalue weighted by atomic mass is 16.5. The Morgan fingerprint density at radius 1 is 1.19 bits per heavy atom. The molecule has 4 atom stereocenters. The summed E-state index contributed by atoms with van der Waals surface area (Å²) in [4.78, 5) is 17.4. The molecule has 0 spiro atoms. The first-order chi connectivity index (χ1) is 12.9. The van der Waals surface area contributed by atoms with E-state index in [1.807, 2.05) is 30.0 Å². The van der Waals surface area contributed by atoms with Crippen LogP contribution in [0.25, 0.3) is 0 Å². The van der Waals surface area contributed by atoms with E-state index in [1.54, 1.807) is 7.11 Å². The number of hydrogen-bond donors (Lipinski definition) is 1. The Hall–Kier alpha value is -1.63. The van der Waals surface area contributed by atoms with Crippen LogP contribution >= 0.6 is 0 Å². The van der Waals surface area contributed by atoms with Gasteiger partial charge in [-0.05, 0) is 50.5 Å². The van der Waals surface area contributed by atoms with Gasteiger partial charge in [0.05, 0.1) is 19.3 Å². The normalized spacial score (nSPS) is 29.1. The van der Waals surface area contributed by atoms with Crippen LogP contribution in [0.1, 0.15) is 29.8 Å². The zero-order valence-electron chi connectivity index (χ0n) is 16.9. The number of carbonyl (C=O) groups excluding carboxylic acids is 1. The minimum atomic E-state index is 0.0415. The molecule has 2 aliphatic heterocycles. The number of nitrogens with zero attached hydrogens (tertiary/aromatic N) is 2. The van der Waals surface area contributed by atoms with Crippen LogP contribution in [-0.4, -0.2) is 79.5 Å². The Bertz CT molecular complexity index is 656. The monoisotopic (exact) mass is 376 g/mol. The van der Waals surface area contributed by atoms with Gasteiger partial charge in [-0.1, -0.05) is 0 Å². The third-order valence-corrected chi connectivity index (χ3v) is 5.75. The van der Waals surface area contributed by atoms with Gasteiger partial charge in [0, 0.05) is 50.8 Å². The summed E-state index contributed by atoms with van der Waals surface area (Å²) in [5, 5.41) is 9.87. The largest absolute Gasteiger partial charge is 0.497 e. The highest BCUT2D eigenvalue weighted by Gasteiger charge is 2.37. The van der Waals surface area contributed by atoms with Crippen molar-refractivity contribution >= 4 is 5.91 Å². The van der Waals surface area contributed by atoms with Crippen LogP contribution in [-0.2, 0) is 4.74 Å². The summed E-state index contributed by atoms with van der Waals surface area (Å²) in [6.07, 6.45) is 0.449. The highest BCUT2D eigenvalue weighted by Crippen LogP contribution is 2.28. The van der Waals surface area contributed by atoms with E-state index >= 15 is 0 Å². The fourth-order valence-corrected chi connectivity index (χ4v) is 4.46. The molecule has 0 unspecified atom stereocenters. The van der Waals surface area contributed by atoms with Gasteiger partial charge in [-0.3, -0.25) is 9.69 Å². The number of hydrogen-bond acceptors (Lipinski definition) is 5. The number of aliphatic hydroxyl groups excluding tert-OH is 1. The van der Waals surface area contributed by atoms with Crippen molar-refractivity contribution < 1.29 is 19.4 Å². The maximum absolute atomic E-state index is 13.0. The number of likely N-dealkylation sites (tertiary alicyclic amines) is 1. The van der Waals surface area contributed by atoms with Crippen LogP contribution < -0.4 is 4.74 Å². The van der Waals surface area contributed by atoms with Gasteiger partial charge >= 0.3 is 0 Å². The fraction of sp³-hybridized carbons (Fsp3) is 0.667. The molecule has 0 radical (unpaired) electrons. The van der Waals surface area contributed by atoms with E-state index in [0.29, 0.717) is 18.7 Å². The average molecular weight is 376 g/mol. The third-order valence-electron chi connectivity index (χ3n) is 5.75. The van der Waals surface area contributed by atoms with Crippen LogP contribution in [0.3, 0.4) is 0 Å². The standard InChI is InChI=1S/C21H32N2O4/c1-14-7-19(26-4)5-6-20(14)21(25)23-11-17(18(12-23)13-24)10-22-8-15(2)27-16(3)9-22/h5-7,15-18,24H,8-13H2,1-4H3/t15-,16+,17-,18-/m1/s1. The number of benzene rings is 1. The van der Waals surface area contributed by atoms with Crippen molar-refractivity contribution in [1.82, 2.24) is 9.80 Å². The lowest BCUT2D eigenvalue weighted by molar-refractivity contribution is -0.0726. The maximum Gasteiger partial charge on any atom is 0.254 e. The van der Waals surface area contributed by atoms with Gasteiger partial charge < -0.3 is 19.5 Å². The van der Waals surface area contributed by atoms with Crippen molar-refractivity contribution in [3.63, 3.8) is 0 Å². The second-order valence-corrected chi connectivity index (χ2v) is 8.07. The van der Waals surface area contributed by atoms with Crippen LogP contribution in [0.4, 0.5) is 0 Å². The first-order valence-corrected chi connectivity index (χ1v) is 9.83. The van der Waals surface area contributed by atoms with Crippen LogP contribution in [0, 0.1) is 18.8 Å². The molecule has 2 aliphatic rings. The molecule has 1 aromatic carbocycles. The summed E-state index contributed by atoms with van der Waals surface area (Å²) in [6, 6.07) is 5.55. The molecule has 6 heteroatoms. The van der Waals surface area contributed by atoms with Crippen molar-refractivity contribution in [3.05, 3.63) is 29.3 Å². The van der Waals surface area contributed by atoms with Gasteiger partial charge in [-0.2, -0.15) is 0 Å². The second-order valence-electron chi connectivity index (χ2n) is 8.07. The molecule has 0 bridgehead atoms. The van der Waals surface area contributed by atoms with Gasteiger partial charge in [-0.15, -0.1) is 0 Å². The van der Waals surface area contributed by atoms with Crippen molar-refractivity contribution in [2.45, 2.75) is 33.0 Å². The number of morpholine rings is 1. The van der Waals surface area contributed by atoms with E-state index in [2.05, 4.69) is 18.7 Å². The van der Waals surface area contributed by atoms with Gasteiger partial charge in [0.2, 0.25) is 0 Å². The smallest absolute Gasteiger partial charge is 0.254 e. The van der Waals surface area contributed by atoms with Gasteiger partial charge in [0.15, 0.2) is 0 Å². The lowest BCUT2D eigenvalue weighted by Crippen LogP contribution is -2.48. The molecular weight excluding hydrogens is 344 g/mol. The van der Waals surface area contributed by atoms with Crippen molar-refractivity contribution in [2.24, 2.45) is 11.8 Å². The van der Waals surface area contributed by atoms with Gasteiger partial charge in [0.1, 0.15) is 5.75 Å². The van der Waals surface area contributed by atoms with Crippen molar-refractivity contribution in [2.75, 3.05) is 46.4 Å². The predicted octanol–water partition coefficient (Wildman–Crippen LogP) is 1.79. The minimum Gasteiger partial charge on any atom is -0.497 e. The molecule has 6 nitrogen and oxygen atoms in total. The number of ether oxygens (including phenoxy) is 2.